The number of halogens is 3. The van der Waals surface area contributed by atoms with E-state index in [1.54, 1.807) is 23.1 Å². The Morgan fingerprint density at radius 1 is 1.03 bits per heavy atom. The largest absolute Gasteiger partial charge is 0.426 e. The number of esters is 1. The number of nitrogens with zero attached hydrogens (tertiary/aromatic N) is 2. The van der Waals surface area contributed by atoms with E-state index in [0.717, 1.165) is 12.1 Å². The minimum Gasteiger partial charge on any atom is -0.426 e. The molecule has 1 aliphatic rings. The van der Waals surface area contributed by atoms with Crippen LogP contribution in [-0.4, -0.2) is 63.1 Å². The summed E-state index contributed by atoms with van der Waals surface area (Å²) in [6.45, 7) is 1.74. The summed E-state index contributed by atoms with van der Waals surface area (Å²) in [6, 6.07) is 11.0. The lowest BCUT2D eigenvalue weighted by molar-refractivity contribution is -0.137. The van der Waals surface area contributed by atoms with Crippen LogP contribution in [0.3, 0.4) is 0 Å². The standard InChI is InChI=1S/C22H24F3N3O5S/c1-16(29)33-20-8-3-2-7-19(20)21(30)26-9-14-34(31,32)28-12-10-27(11-13-28)18-6-4-5-17(15-18)22(23,24)25/h2-8,15H,9-14H2,1H3,(H,26,30). The van der Waals surface area contributed by atoms with Crippen LogP contribution in [0.15, 0.2) is 48.5 Å². The quantitative estimate of drug-likeness (QED) is 0.465. The second-order valence-corrected chi connectivity index (χ2v) is 9.68. The fourth-order valence-electron chi connectivity index (χ4n) is 3.52. The fourth-order valence-corrected chi connectivity index (χ4v) is 4.86. The smallest absolute Gasteiger partial charge is 0.416 e. The molecule has 1 aliphatic heterocycles. The highest BCUT2D eigenvalue weighted by atomic mass is 32.2. The number of carbonyl (C=O) groups is 2. The molecule has 184 valence electrons. The van der Waals surface area contributed by atoms with Crippen molar-refractivity contribution in [1.29, 1.82) is 0 Å². The van der Waals surface area contributed by atoms with Gasteiger partial charge in [-0.25, -0.2) is 8.42 Å². The van der Waals surface area contributed by atoms with E-state index in [1.165, 1.54) is 29.4 Å². The first-order valence-corrected chi connectivity index (χ1v) is 12.0. The molecule has 8 nitrogen and oxygen atoms in total. The lowest BCUT2D eigenvalue weighted by atomic mass is 10.1. The van der Waals surface area contributed by atoms with Crippen molar-refractivity contribution in [2.75, 3.05) is 43.4 Å². The highest BCUT2D eigenvalue weighted by Crippen LogP contribution is 2.32. The van der Waals surface area contributed by atoms with E-state index < -0.39 is 33.6 Å². The van der Waals surface area contributed by atoms with Crippen molar-refractivity contribution in [3.05, 3.63) is 59.7 Å². The summed E-state index contributed by atoms with van der Waals surface area (Å²) in [6.07, 6.45) is -4.45. The summed E-state index contributed by atoms with van der Waals surface area (Å²) in [5, 5.41) is 2.51. The maximum atomic E-state index is 13.0. The van der Waals surface area contributed by atoms with Crippen LogP contribution in [0.1, 0.15) is 22.8 Å². The zero-order valence-corrected chi connectivity index (χ0v) is 19.2. The summed E-state index contributed by atoms with van der Waals surface area (Å²) < 4.78 is 70.5. The molecule has 0 unspecified atom stereocenters. The molecule has 3 rings (SSSR count). The van der Waals surface area contributed by atoms with E-state index in [2.05, 4.69) is 5.32 Å². The van der Waals surface area contributed by atoms with Gasteiger partial charge in [0, 0.05) is 45.3 Å². The monoisotopic (exact) mass is 499 g/mol. The molecule has 0 bridgehead atoms. The Morgan fingerprint density at radius 2 is 1.71 bits per heavy atom. The van der Waals surface area contributed by atoms with Crippen LogP contribution in [-0.2, 0) is 21.0 Å². The highest BCUT2D eigenvalue weighted by Gasteiger charge is 2.32. The number of rotatable bonds is 7. The van der Waals surface area contributed by atoms with Gasteiger partial charge in [0.1, 0.15) is 5.75 Å². The Balaban J connectivity index is 1.54. The average Bonchev–Trinajstić information content (AvgIpc) is 2.78. The minimum absolute atomic E-state index is 0.0704. The molecule has 1 fully saturated rings. The number of benzene rings is 2. The summed E-state index contributed by atoms with van der Waals surface area (Å²) in [5.41, 5.74) is -0.276. The van der Waals surface area contributed by atoms with Gasteiger partial charge in [-0.2, -0.15) is 17.5 Å². The van der Waals surface area contributed by atoms with E-state index in [0.29, 0.717) is 5.69 Å². The van der Waals surface area contributed by atoms with Crippen LogP contribution in [0.4, 0.5) is 18.9 Å². The van der Waals surface area contributed by atoms with Crippen LogP contribution in [0, 0.1) is 0 Å². The number of sulfonamides is 1. The Kier molecular flexibility index (Phi) is 7.82. The van der Waals surface area contributed by atoms with Gasteiger partial charge >= 0.3 is 12.1 Å². The van der Waals surface area contributed by atoms with Gasteiger partial charge in [-0.3, -0.25) is 9.59 Å². The van der Waals surface area contributed by atoms with Crippen molar-refractivity contribution in [3.63, 3.8) is 0 Å². The number of anilines is 1. The molecule has 0 spiro atoms. The van der Waals surface area contributed by atoms with Crippen LogP contribution >= 0.6 is 0 Å². The number of alkyl halides is 3. The molecule has 1 amide bonds. The number of ether oxygens (including phenoxy) is 1. The number of amides is 1. The number of hydrogen-bond donors (Lipinski definition) is 1. The molecule has 2 aromatic carbocycles. The van der Waals surface area contributed by atoms with Crippen molar-refractivity contribution in [2.24, 2.45) is 0 Å². The Morgan fingerprint density at radius 3 is 2.35 bits per heavy atom. The summed E-state index contributed by atoms with van der Waals surface area (Å²) in [4.78, 5) is 25.3. The van der Waals surface area contributed by atoms with E-state index in [-0.39, 0.29) is 49.8 Å². The Hall–Kier alpha value is -3.12. The lowest BCUT2D eigenvalue weighted by Gasteiger charge is -2.35. The maximum Gasteiger partial charge on any atom is 0.416 e. The van der Waals surface area contributed by atoms with Gasteiger partial charge in [0.25, 0.3) is 5.91 Å². The van der Waals surface area contributed by atoms with E-state index in [1.807, 2.05) is 0 Å². The summed E-state index contributed by atoms with van der Waals surface area (Å²) in [5.74, 6) is -1.45. The second kappa shape index (κ2) is 10.4. The molecule has 0 radical (unpaired) electrons. The predicted octanol–water partition coefficient (Wildman–Crippen LogP) is 2.51. The number of piperazine rings is 1. The van der Waals surface area contributed by atoms with Crippen LogP contribution in [0.2, 0.25) is 0 Å². The summed E-state index contributed by atoms with van der Waals surface area (Å²) in [7, 11) is -3.70. The predicted molar refractivity (Wildman–Crippen MR) is 119 cm³/mol. The first kappa shape index (κ1) is 25.5. The molecule has 34 heavy (non-hydrogen) atoms. The van der Waals surface area contributed by atoms with E-state index in [9.17, 15) is 31.2 Å². The van der Waals surface area contributed by atoms with Crippen LogP contribution in [0.25, 0.3) is 0 Å². The van der Waals surface area contributed by atoms with Gasteiger partial charge in [0.05, 0.1) is 16.9 Å². The van der Waals surface area contributed by atoms with Gasteiger partial charge in [0.15, 0.2) is 0 Å². The van der Waals surface area contributed by atoms with Crippen molar-refractivity contribution in [1.82, 2.24) is 9.62 Å². The Labute approximate surface area is 195 Å². The number of carbonyl (C=O) groups excluding carboxylic acids is 2. The highest BCUT2D eigenvalue weighted by molar-refractivity contribution is 7.89. The summed E-state index contributed by atoms with van der Waals surface area (Å²) >= 11 is 0. The molecule has 1 N–H and O–H groups in total. The first-order valence-electron chi connectivity index (χ1n) is 10.4. The first-order chi connectivity index (χ1) is 16.0. The van der Waals surface area contributed by atoms with Crippen molar-refractivity contribution < 1.29 is 35.9 Å². The number of para-hydroxylation sites is 1. The molecular formula is C22H24F3N3O5S. The topological polar surface area (TPSA) is 96.0 Å². The normalized spacial score (nSPS) is 15.1. The van der Waals surface area contributed by atoms with Gasteiger partial charge in [0.2, 0.25) is 10.0 Å². The average molecular weight is 500 g/mol. The van der Waals surface area contributed by atoms with E-state index >= 15 is 0 Å². The van der Waals surface area contributed by atoms with Gasteiger partial charge in [-0.15, -0.1) is 0 Å². The molecule has 1 heterocycles. The third-order valence-corrected chi connectivity index (χ3v) is 7.07. The molecule has 2 aromatic rings. The zero-order valence-electron chi connectivity index (χ0n) is 18.3. The van der Waals surface area contributed by atoms with Crippen molar-refractivity contribution in [3.8, 4) is 5.75 Å². The van der Waals surface area contributed by atoms with Crippen molar-refractivity contribution in [2.45, 2.75) is 13.1 Å². The fraction of sp³-hybridized carbons (Fsp3) is 0.364. The molecule has 12 heteroatoms. The third-order valence-electron chi connectivity index (χ3n) is 5.20. The van der Waals surface area contributed by atoms with Gasteiger partial charge < -0.3 is 15.0 Å². The molecule has 0 aromatic heterocycles. The van der Waals surface area contributed by atoms with Crippen molar-refractivity contribution >= 4 is 27.6 Å². The van der Waals surface area contributed by atoms with Crippen LogP contribution in [0.5, 0.6) is 5.75 Å². The molecule has 0 aliphatic carbocycles. The number of hydrogen-bond acceptors (Lipinski definition) is 6. The third kappa shape index (κ3) is 6.48. The SMILES string of the molecule is CC(=O)Oc1ccccc1C(=O)NCCS(=O)(=O)N1CCN(c2cccc(C(F)(F)F)c2)CC1. The molecule has 0 saturated carbocycles. The molecule has 1 saturated heterocycles. The van der Waals surface area contributed by atoms with Crippen LogP contribution < -0.4 is 15.0 Å². The van der Waals surface area contributed by atoms with E-state index in [4.69, 9.17) is 4.74 Å². The zero-order chi connectivity index (χ0) is 24.9. The van der Waals surface area contributed by atoms with Gasteiger partial charge in [-0.1, -0.05) is 18.2 Å². The second-order valence-electron chi connectivity index (χ2n) is 7.60. The number of nitrogens with one attached hydrogen (secondary N) is 1. The Bertz CT molecular complexity index is 1150. The lowest BCUT2D eigenvalue weighted by Crippen LogP contribution is -2.50. The molecular weight excluding hydrogens is 475 g/mol. The van der Waals surface area contributed by atoms with Gasteiger partial charge in [-0.05, 0) is 30.3 Å². The molecule has 0 atom stereocenters. The maximum absolute atomic E-state index is 13.0. The minimum atomic E-state index is -4.45.